The maximum absolute atomic E-state index is 10.6. The van der Waals surface area contributed by atoms with Crippen LogP contribution in [0.5, 0.6) is 0 Å². The minimum atomic E-state index is -3.41. The molecular formula is C15H19ClNO3S+. The zero-order chi connectivity index (χ0) is 15.8. The van der Waals surface area contributed by atoms with E-state index in [2.05, 4.69) is 0 Å². The molecule has 0 spiro atoms. The third kappa shape index (κ3) is 3.16. The van der Waals surface area contributed by atoms with Gasteiger partial charge in [-0.3, -0.25) is 14.3 Å². The lowest BCUT2D eigenvalue weighted by Gasteiger charge is -2.33. The molecule has 1 aromatic heterocycles. The molecule has 4 nitrogen and oxygen atoms in total. The fourth-order valence-electron chi connectivity index (χ4n) is 2.08. The minimum Gasteiger partial charge on any atom is -0.289 e. The largest absolute Gasteiger partial charge is 0.346 e. The van der Waals surface area contributed by atoms with Crippen LogP contribution in [0.1, 0.15) is 27.0 Å². The highest BCUT2D eigenvalue weighted by atomic mass is 35.5. The molecule has 1 atom stereocenters. The Morgan fingerprint density at radius 1 is 1.05 bits per heavy atom. The second kappa shape index (κ2) is 5.85. The molecule has 0 saturated heterocycles. The van der Waals surface area contributed by atoms with Crippen LogP contribution in [0, 0.1) is 20.8 Å². The van der Waals surface area contributed by atoms with Gasteiger partial charge < -0.3 is 0 Å². The molecule has 0 radical (unpaired) electrons. The van der Waals surface area contributed by atoms with Crippen LogP contribution >= 0.6 is 22.2 Å². The van der Waals surface area contributed by atoms with Gasteiger partial charge in [0.15, 0.2) is 4.71 Å². The highest BCUT2D eigenvalue weighted by Crippen LogP contribution is 2.61. The van der Waals surface area contributed by atoms with Crippen molar-refractivity contribution in [3.63, 3.8) is 0 Å². The van der Waals surface area contributed by atoms with Crippen LogP contribution in [-0.4, -0.2) is 14.3 Å². The Hall–Kier alpha value is -1.27. The maximum Gasteiger partial charge on any atom is 0.346 e. The van der Waals surface area contributed by atoms with Gasteiger partial charge in [0.1, 0.15) is 0 Å². The van der Waals surface area contributed by atoms with Crippen molar-refractivity contribution in [2.75, 3.05) is 0 Å². The normalized spacial score (nSPS) is 14.0. The van der Waals surface area contributed by atoms with Crippen LogP contribution in [0.15, 0.2) is 41.6 Å². The van der Waals surface area contributed by atoms with Gasteiger partial charge in [-0.1, -0.05) is 46.0 Å². The number of aryl methyl sites for hydroxylation is 3. The summed E-state index contributed by atoms with van der Waals surface area (Å²) >= 11 is 6.35. The van der Waals surface area contributed by atoms with Gasteiger partial charge in [-0.25, -0.2) is 0 Å². The monoisotopic (exact) mass is 328 g/mol. The second-order valence-corrected chi connectivity index (χ2v) is 7.93. The van der Waals surface area contributed by atoms with Crippen molar-refractivity contribution >= 4 is 22.2 Å². The Morgan fingerprint density at radius 3 is 2.33 bits per heavy atom. The first-order chi connectivity index (χ1) is 9.73. The smallest absolute Gasteiger partial charge is 0.289 e. The molecule has 1 aromatic carbocycles. The SMILES string of the molecule is Cc1ccc(C)c(C(Cl)S(O)(O)c2cc(C)cc[n+]2O)c1. The molecule has 21 heavy (non-hydrogen) atoms. The van der Waals surface area contributed by atoms with E-state index in [-0.39, 0.29) is 5.03 Å². The summed E-state index contributed by atoms with van der Waals surface area (Å²) in [6.07, 6.45) is 1.37. The molecular weight excluding hydrogens is 310 g/mol. The fraction of sp³-hybridized carbons (Fsp3) is 0.267. The van der Waals surface area contributed by atoms with Crippen molar-refractivity contribution in [3.8, 4) is 0 Å². The summed E-state index contributed by atoms with van der Waals surface area (Å²) in [7, 11) is -3.41. The Labute approximate surface area is 130 Å². The number of alkyl halides is 1. The summed E-state index contributed by atoms with van der Waals surface area (Å²) in [5.41, 5.74) is 3.31. The summed E-state index contributed by atoms with van der Waals surface area (Å²) in [5, 5.41) is 9.85. The number of pyridine rings is 1. The average molecular weight is 329 g/mol. The predicted molar refractivity (Wildman–Crippen MR) is 84.2 cm³/mol. The average Bonchev–Trinajstić information content (AvgIpc) is 2.43. The van der Waals surface area contributed by atoms with Gasteiger partial charge >= 0.3 is 5.03 Å². The van der Waals surface area contributed by atoms with E-state index in [1.807, 2.05) is 32.0 Å². The van der Waals surface area contributed by atoms with Gasteiger partial charge in [-0.2, -0.15) is 0 Å². The number of benzene rings is 1. The van der Waals surface area contributed by atoms with E-state index in [4.69, 9.17) is 11.6 Å². The van der Waals surface area contributed by atoms with Crippen LogP contribution in [-0.2, 0) is 0 Å². The number of nitrogens with zero attached hydrogens (tertiary/aromatic N) is 1. The molecule has 0 bridgehead atoms. The topological polar surface area (TPSA) is 64.6 Å². The van der Waals surface area contributed by atoms with Gasteiger partial charge in [-0.05, 0) is 37.5 Å². The van der Waals surface area contributed by atoms with Gasteiger partial charge in [0.05, 0.1) is 0 Å². The molecule has 114 valence electrons. The lowest BCUT2D eigenvalue weighted by atomic mass is 10.1. The molecule has 3 N–H and O–H groups in total. The van der Waals surface area contributed by atoms with Crippen molar-refractivity contribution in [2.45, 2.75) is 30.5 Å². The summed E-state index contributed by atoms with van der Waals surface area (Å²) in [6, 6.07) is 8.85. The molecule has 2 rings (SSSR count). The summed E-state index contributed by atoms with van der Waals surface area (Å²) < 4.78 is 20.8. The molecule has 1 unspecified atom stereocenters. The standard InChI is InChI=1S/C15H18ClNO3S/c1-10-4-5-12(3)13(8-10)15(16)21(19,20)14-9-11(2)6-7-17(14)18/h4-9,15H,1-3H3,(H2-,18,19,20)/p+1. The molecule has 1 heterocycles. The van der Waals surface area contributed by atoms with Crippen LogP contribution in [0.4, 0.5) is 0 Å². The van der Waals surface area contributed by atoms with Crippen LogP contribution in [0.25, 0.3) is 0 Å². The second-order valence-electron chi connectivity index (χ2n) is 5.16. The Morgan fingerprint density at radius 2 is 1.67 bits per heavy atom. The van der Waals surface area contributed by atoms with Crippen LogP contribution in [0.3, 0.4) is 0 Å². The first kappa shape index (κ1) is 16.1. The van der Waals surface area contributed by atoms with Gasteiger partial charge in [-0.15, -0.1) is 0 Å². The molecule has 0 saturated carbocycles. The molecule has 0 amide bonds. The Bertz CT molecular complexity index is 676. The van der Waals surface area contributed by atoms with E-state index in [9.17, 15) is 14.3 Å². The number of rotatable bonds is 3. The quantitative estimate of drug-likeness (QED) is 0.450. The van der Waals surface area contributed by atoms with E-state index in [0.717, 1.165) is 16.7 Å². The lowest BCUT2D eigenvalue weighted by Crippen LogP contribution is -2.36. The van der Waals surface area contributed by atoms with Gasteiger partial charge in [0.25, 0.3) is 0 Å². The third-order valence-corrected chi connectivity index (χ3v) is 6.06. The highest BCUT2D eigenvalue weighted by Gasteiger charge is 2.36. The van der Waals surface area contributed by atoms with E-state index < -0.39 is 15.3 Å². The first-order valence-electron chi connectivity index (χ1n) is 6.43. The van der Waals surface area contributed by atoms with E-state index in [0.29, 0.717) is 10.3 Å². The molecule has 6 heteroatoms. The minimum absolute atomic E-state index is 0.00315. The van der Waals surface area contributed by atoms with E-state index in [1.165, 1.54) is 12.3 Å². The van der Waals surface area contributed by atoms with Crippen LogP contribution in [0.2, 0.25) is 0 Å². The van der Waals surface area contributed by atoms with E-state index in [1.54, 1.807) is 13.0 Å². The summed E-state index contributed by atoms with van der Waals surface area (Å²) in [4.78, 5) is 0. The lowest BCUT2D eigenvalue weighted by molar-refractivity contribution is -0.933. The number of hydrogen-bond donors (Lipinski definition) is 3. The fourth-order valence-corrected chi connectivity index (χ4v) is 4.11. The molecule has 0 aliphatic rings. The zero-order valence-electron chi connectivity index (χ0n) is 12.1. The highest BCUT2D eigenvalue weighted by molar-refractivity contribution is 8.25. The summed E-state index contributed by atoms with van der Waals surface area (Å²) in [5.74, 6) is 0. The molecule has 0 fully saturated rings. The number of aromatic nitrogens is 1. The van der Waals surface area contributed by atoms with Crippen molar-refractivity contribution in [1.29, 1.82) is 0 Å². The zero-order valence-corrected chi connectivity index (χ0v) is 13.7. The van der Waals surface area contributed by atoms with Crippen molar-refractivity contribution in [3.05, 3.63) is 58.8 Å². The molecule has 0 aliphatic carbocycles. The molecule has 0 aliphatic heterocycles. The summed E-state index contributed by atoms with van der Waals surface area (Å²) in [6.45, 7) is 5.58. The number of halogens is 1. The first-order valence-corrected chi connectivity index (χ1v) is 8.48. The molecule has 2 aromatic rings. The van der Waals surface area contributed by atoms with Gasteiger partial charge in [0, 0.05) is 16.9 Å². The Balaban J connectivity index is 2.52. The third-order valence-electron chi connectivity index (χ3n) is 3.33. The Kier molecular flexibility index (Phi) is 4.49. The maximum atomic E-state index is 10.6. The predicted octanol–water partition coefficient (Wildman–Crippen LogP) is 4.18. The van der Waals surface area contributed by atoms with E-state index >= 15 is 0 Å². The number of hydrogen-bond acceptors (Lipinski definition) is 3. The van der Waals surface area contributed by atoms with Crippen molar-refractivity contribution in [2.24, 2.45) is 0 Å². The van der Waals surface area contributed by atoms with Crippen molar-refractivity contribution < 1.29 is 19.0 Å². The van der Waals surface area contributed by atoms with Crippen molar-refractivity contribution in [1.82, 2.24) is 0 Å². The van der Waals surface area contributed by atoms with Crippen LogP contribution < -0.4 is 4.73 Å². The van der Waals surface area contributed by atoms with Gasteiger partial charge in [0.2, 0.25) is 6.20 Å².